The lowest BCUT2D eigenvalue weighted by atomic mass is 10.1. The van der Waals surface area contributed by atoms with Gasteiger partial charge in [0.1, 0.15) is 0 Å². The number of halogens is 1. The zero-order valence-electron chi connectivity index (χ0n) is 10.5. The quantitative estimate of drug-likeness (QED) is 0.852. The molecule has 0 spiro atoms. The van der Waals surface area contributed by atoms with Crippen molar-refractivity contribution >= 4 is 27.5 Å². The smallest absolute Gasteiger partial charge is 0.222 e. The zero-order chi connectivity index (χ0) is 13.0. The Morgan fingerprint density at radius 1 is 1.22 bits per heavy atom. The number of hydrogen-bond acceptors (Lipinski definition) is 2. The first-order chi connectivity index (χ1) is 8.68. The minimum absolute atomic E-state index is 0.254. The SMILES string of the molecule is Nc1cccc(Br)c1CN1CCCCCCC1=O. The molecular formula is C14H19BrN2O. The first kappa shape index (κ1) is 13.4. The van der Waals surface area contributed by atoms with E-state index in [0.717, 1.165) is 35.1 Å². The van der Waals surface area contributed by atoms with Crippen molar-refractivity contribution in [3.8, 4) is 0 Å². The molecular weight excluding hydrogens is 292 g/mol. The summed E-state index contributed by atoms with van der Waals surface area (Å²) in [5, 5.41) is 0. The second-order valence-electron chi connectivity index (χ2n) is 4.79. The molecule has 1 aromatic carbocycles. The summed E-state index contributed by atoms with van der Waals surface area (Å²) in [5.74, 6) is 0.254. The number of carbonyl (C=O) groups is 1. The molecule has 0 saturated carbocycles. The van der Waals surface area contributed by atoms with Crippen LogP contribution in [0.5, 0.6) is 0 Å². The molecule has 1 heterocycles. The van der Waals surface area contributed by atoms with Crippen molar-refractivity contribution in [3.63, 3.8) is 0 Å². The van der Waals surface area contributed by atoms with Gasteiger partial charge in [0.15, 0.2) is 0 Å². The number of likely N-dealkylation sites (tertiary alicyclic amines) is 1. The molecule has 1 aromatic rings. The molecule has 0 radical (unpaired) electrons. The molecule has 0 atom stereocenters. The summed E-state index contributed by atoms with van der Waals surface area (Å²) in [6, 6.07) is 5.77. The Labute approximate surface area is 116 Å². The maximum Gasteiger partial charge on any atom is 0.222 e. The van der Waals surface area contributed by atoms with Gasteiger partial charge in [-0.1, -0.05) is 34.8 Å². The molecule has 18 heavy (non-hydrogen) atoms. The molecule has 0 bridgehead atoms. The van der Waals surface area contributed by atoms with Gasteiger partial charge >= 0.3 is 0 Å². The fourth-order valence-corrected chi connectivity index (χ4v) is 2.82. The maximum absolute atomic E-state index is 12.1. The molecule has 0 unspecified atom stereocenters. The number of hydrogen-bond donors (Lipinski definition) is 1. The Balaban J connectivity index is 2.13. The van der Waals surface area contributed by atoms with E-state index in [4.69, 9.17) is 5.73 Å². The van der Waals surface area contributed by atoms with Gasteiger partial charge in [-0.05, 0) is 25.0 Å². The van der Waals surface area contributed by atoms with Crippen molar-refractivity contribution < 1.29 is 4.79 Å². The number of amides is 1. The van der Waals surface area contributed by atoms with Crippen molar-refractivity contribution in [2.24, 2.45) is 0 Å². The molecule has 0 aliphatic carbocycles. The highest BCUT2D eigenvalue weighted by Gasteiger charge is 2.17. The normalized spacial score (nSPS) is 17.4. The van der Waals surface area contributed by atoms with Gasteiger partial charge < -0.3 is 10.6 Å². The van der Waals surface area contributed by atoms with Gasteiger partial charge in [0.25, 0.3) is 0 Å². The molecule has 1 saturated heterocycles. The van der Waals surface area contributed by atoms with Crippen LogP contribution >= 0.6 is 15.9 Å². The minimum atomic E-state index is 0.254. The van der Waals surface area contributed by atoms with Gasteiger partial charge in [-0.2, -0.15) is 0 Å². The molecule has 1 aliphatic heterocycles. The summed E-state index contributed by atoms with van der Waals surface area (Å²) in [6.45, 7) is 1.46. The third-order valence-electron chi connectivity index (χ3n) is 3.43. The molecule has 1 aliphatic rings. The lowest BCUT2D eigenvalue weighted by Gasteiger charge is -2.26. The lowest BCUT2D eigenvalue weighted by Crippen LogP contribution is -2.32. The molecule has 1 fully saturated rings. The van der Waals surface area contributed by atoms with Crippen LogP contribution in [0.15, 0.2) is 22.7 Å². The number of nitrogen functional groups attached to an aromatic ring is 1. The topological polar surface area (TPSA) is 46.3 Å². The number of rotatable bonds is 2. The predicted octanol–water partition coefficient (Wildman–Crippen LogP) is 3.32. The molecule has 1 amide bonds. The van der Waals surface area contributed by atoms with Crippen LogP contribution in [-0.4, -0.2) is 17.4 Å². The van der Waals surface area contributed by atoms with Crippen LogP contribution < -0.4 is 5.73 Å². The van der Waals surface area contributed by atoms with Crippen LogP contribution in [0.4, 0.5) is 5.69 Å². The number of nitrogens with two attached hydrogens (primary N) is 1. The van der Waals surface area contributed by atoms with Gasteiger partial charge in [-0.3, -0.25) is 4.79 Å². The zero-order valence-corrected chi connectivity index (χ0v) is 12.1. The highest BCUT2D eigenvalue weighted by Crippen LogP contribution is 2.25. The van der Waals surface area contributed by atoms with Crippen molar-refractivity contribution in [2.45, 2.75) is 38.6 Å². The molecule has 2 N–H and O–H groups in total. The largest absolute Gasteiger partial charge is 0.398 e. The van der Waals surface area contributed by atoms with E-state index in [0.29, 0.717) is 13.0 Å². The van der Waals surface area contributed by atoms with Gasteiger partial charge in [0.05, 0.1) is 0 Å². The molecule has 0 aromatic heterocycles. The Morgan fingerprint density at radius 2 is 2.00 bits per heavy atom. The first-order valence-corrected chi connectivity index (χ1v) is 7.28. The lowest BCUT2D eigenvalue weighted by molar-refractivity contribution is -0.132. The highest BCUT2D eigenvalue weighted by molar-refractivity contribution is 9.10. The Hall–Kier alpha value is -1.03. The number of anilines is 1. The van der Waals surface area contributed by atoms with E-state index in [2.05, 4.69) is 15.9 Å². The van der Waals surface area contributed by atoms with Crippen molar-refractivity contribution in [2.75, 3.05) is 12.3 Å². The standard InChI is InChI=1S/C14H19BrN2O/c15-12-6-5-7-13(16)11(12)10-17-9-4-2-1-3-8-14(17)18/h5-7H,1-4,8-10,16H2. The number of benzene rings is 1. The number of carbonyl (C=O) groups excluding carboxylic acids is 1. The summed E-state index contributed by atoms with van der Waals surface area (Å²) in [7, 11) is 0. The third kappa shape index (κ3) is 3.25. The van der Waals surface area contributed by atoms with E-state index in [1.807, 2.05) is 23.1 Å². The molecule has 4 heteroatoms. The maximum atomic E-state index is 12.1. The average Bonchev–Trinajstić information content (AvgIpc) is 2.32. The van der Waals surface area contributed by atoms with Crippen LogP contribution in [-0.2, 0) is 11.3 Å². The monoisotopic (exact) mass is 310 g/mol. The van der Waals surface area contributed by atoms with Gasteiger partial charge in [0.2, 0.25) is 5.91 Å². The van der Waals surface area contributed by atoms with Gasteiger partial charge in [0, 0.05) is 35.2 Å². The van der Waals surface area contributed by atoms with Gasteiger partial charge in [-0.15, -0.1) is 0 Å². The van der Waals surface area contributed by atoms with Gasteiger partial charge in [-0.25, -0.2) is 0 Å². The predicted molar refractivity (Wildman–Crippen MR) is 77.1 cm³/mol. The van der Waals surface area contributed by atoms with Crippen LogP contribution in [0.1, 0.15) is 37.7 Å². The van der Waals surface area contributed by atoms with E-state index in [1.54, 1.807) is 0 Å². The summed E-state index contributed by atoms with van der Waals surface area (Å²) >= 11 is 3.51. The summed E-state index contributed by atoms with van der Waals surface area (Å²) in [6.07, 6.45) is 5.17. The number of nitrogens with zero attached hydrogens (tertiary/aromatic N) is 1. The average molecular weight is 311 g/mol. The van der Waals surface area contributed by atoms with Crippen molar-refractivity contribution in [1.29, 1.82) is 0 Å². The second kappa shape index (κ2) is 6.23. The van der Waals surface area contributed by atoms with Crippen LogP contribution in [0.2, 0.25) is 0 Å². The minimum Gasteiger partial charge on any atom is -0.398 e. The highest BCUT2D eigenvalue weighted by atomic mass is 79.9. The Morgan fingerprint density at radius 3 is 2.78 bits per heavy atom. The van der Waals surface area contributed by atoms with Crippen molar-refractivity contribution in [1.82, 2.24) is 4.90 Å². The fourth-order valence-electron chi connectivity index (χ4n) is 2.32. The third-order valence-corrected chi connectivity index (χ3v) is 4.17. The summed E-state index contributed by atoms with van der Waals surface area (Å²) in [4.78, 5) is 14.0. The second-order valence-corrected chi connectivity index (χ2v) is 5.64. The van der Waals surface area contributed by atoms with Crippen LogP contribution in [0.3, 0.4) is 0 Å². The van der Waals surface area contributed by atoms with Crippen LogP contribution in [0.25, 0.3) is 0 Å². The Bertz CT molecular complexity index is 414. The van der Waals surface area contributed by atoms with E-state index >= 15 is 0 Å². The first-order valence-electron chi connectivity index (χ1n) is 6.49. The summed E-state index contributed by atoms with van der Waals surface area (Å²) in [5.41, 5.74) is 7.76. The summed E-state index contributed by atoms with van der Waals surface area (Å²) < 4.78 is 0.984. The molecule has 3 nitrogen and oxygen atoms in total. The van der Waals surface area contributed by atoms with Crippen molar-refractivity contribution in [3.05, 3.63) is 28.2 Å². The molecule has 2 rings (SSSR count). The van der Waals surface area contributed by atoms with E-state index in [1.165, 1.54) is 12.8 Å². The van der Waals surface area contributed by atoms with E-state index in [9.17, 15) is 4.79 Å². The molecule has 98 valence electrons. The van der Waals surface area contributed by atoms with E-state index < -0.39 is 0 Å². The fraction of sp³-hybridized carbons (Fsp3) is 0.500. The Kier molecular flexibility index (Phi) is 4.64. The van der Waals surface area contributed by atoms with E-state index in [-0.39, 0.29) is 5.91 Å². The van der Waals surface area contributed by atoms with Crippen LogP contribution in [0, 0.1) is 0 Å².